The van der Waals surface area contributed by atoms with E-state index in [1.807, 2.05) is 6.07 Å². The monoisotopic (exact) mass is 397 g/mol. The molecule has 0 saturated carbocycles. The molecule has 4 rings (SSSR count). The summed E-state index contributed by atoms with van der Waals surface area (Å²) in [6.07, 6.45) is 0. The van der Waals surface area contributed by atoms with Gasteiger partial charge in [0.1, 0.15) is 5.01 Å². The number of nitrogens with zero attached hydrogens (tertiary/aromatic N) is 3. The van der Waals surface area contributed by atoms with E-state index < -0.39 is 0 Å². The first-order valence-corrected chi connectivity index (χ1v) is 10.6. The van der Waals surface area contributed by atoms with Crippen LogP contribution >= 0.6 is 22.9 Å². The Labute approximate surface area is 170 Å². The van der Waals surface area contributed by atoms with E-state index in [-0.39, 0.29) is 0 Å². The lowest BCUT2D eigenvalue weighted by atomic mass is 10.1. The van der Waals surface area contributed by atoms with Gasteiger partial charge in [0.15, 0.2) is 0 Å². The van der Waals surface area contributed by atoms with Gasteiger partial charge in [-0.25, -0.2) is 4.98 Å². The van der Waals surface area contributed by atoms with Gasteiger partial charge in [-0.3, -0.25) is 4.90 Å². The quantitative estimate of drug-likeness (QED) is 0.587. The minimum Gasteiger partial charge on any atom is -0.369 e. The first-order valence-electron chi connectivity index (χ1n) is 9.34. The molecule has 2 heterocycles. The molecule has 140 valence electrons. The van der Waals surface area contributed by atoms with Crippen molar-refractivity contribution in [2.45, 2.75) is 20.4 Å². The third-order valence-corrected chi connectivity index (χ3v) is 6.36. The Kier molecular flexibility index (Phi) is 5.48. The molecule has 27 heavy (non-hydrogen) atoms. The zero-order chi connectivity index (χ0) is 18.8. The van der Waals surface area contributed by atoms with Crippen molar-refractivity contribution in [1.82, 2.24) is 9.88 Å². The van der Waals surface area contributed by atoms with E-state index in [2.05, 4.69) is 65.4 Å². The number of thiazole rings is 1. The Hall–Kier alpha value is -1.88. The van der Waals surface area contributed by atoms with Crippen LogP contribution in [-0.4, -0.2) is 36.1 Å². The third-order valence-electron chi connectivity index (χ3n) is 5.20. The van der Waals surface area contributed by atoms with E-state index >= 15 is 0 Å². The lowest BCUT2D eigenvalue weighted by Gasteiger charge is -2.36. The smallest absolute Gasteiger partial charge is 0.123 e. The van der Waals surface area contributed by atoms with Gasteiger partial charge in [-0.05, 0) is 37.1 Å². The fraction of sp³-hybridized carbons (Fsp3) is 0.318. The second kappa shape index (κ2) is 8.01. The number of aromatic nitrogens is 1. The van der Waals surface area contributed by atoms with Crippen LogP contribution in [0.25, 0.3) is 10.6 Å². The summed E-state index contributed by atoms with van der Waals surface area (Å²) < 4.78 is 0. The molecule has 1 fully saturated rings. The van der Waals surface area contributed by atoms with Gasteiger partial charge in [0.2, 0.25) is 0 Å². The molecule has 3 nitrogen and oxygen atoms in total. The van der Waals surface area contributed by atoms with Crippen LogP contribution in [0.15, 0.2) is 47.8 Å². The molecule has 0 radical (unpaired) electrons. The van der Waals surface area contributed by atoms with Crippen molar-refractivity contribution in [3.8, 4) is 10.6 Å². The molecule has 0 N–H and O–H groups in total. The fourth-order valence-corrected chi connectivity index (χ4v) is 4.68. The van der Waals surface area contributed by atoms with Crippen molar-refractivity contribution >= 4 is 28.6 Å². The van der Waals surface area contributed by atoms with E-state index in [1.165, 1.54) is 28.1 Å². The maximum Gasteiger partial charge on any atom is 0.123 e. The summed E-state index contributed by atoms with van der Waals surface area (Å²) >= 11 is 7.94. The molecule has 2 aromatic carbocycles. The Balaban J connectivity index is 1.39. The minimum atomic E-state index is 0.809. The molecule has 0 bridgehead atoms. The summed E-state index contributed by atoms with van der Waals surface area (Å²) in [7, 11) is 0. The van der Waals surface area contributed by atoms with E-state index in [0.29, 0.717) is 0 Å². The highest BCUT2D eigenvalue weighted by Gasteiger charge is 2.19. The van der Waals surface area contributed by atoms with Crippen LogP contribution in [0.4, 0.5) is 5.69 Å². The van der Waals surface area contributed by atoms with Crippen molar-refractivity contribution in [3.05, 3.63) is 69.7 Å². The second-order valence-corrected chi connectivity index (χ2v) is 8.45. The first kappa shape index (κ1) is 18.5. The molecule has 0 amide bonds. The number of anilines is 1. The highest BCUT2D eigenvalue weighted by molar-refractivity contribution is 7.13. The predicted molar refractivity (Wildman–Crippen MR) is 116 cm³/mol. The standard InChI is InChI=1S/C22H24ClN3S/c1-16-5-3-4-6-20(16)22-24-19(15-27-22)14-25-9-11-26(12-10-25)21-13-18(23)8-7-17(21)2/h3-8,13,15H,9-12,14H2,1-2H3. The van der Waals surface area contributed by atoms with Gasteiger partial charge in [0.25, 0.3) is 0 Å². The average Bonchev–Trinajstić information content (AvgIpc) is 3.13. The summed E-state index contributed by atoms with van der Waals surface area (Å²) in [5, 5.41) is 4.13. The number of halogens is 1. The van der Waals surface area contributed by atoms with E-state index in [0.717, 1.165) is 42.8 Å². The lowest BCUT2D eigenvalue weighted by molar-refractivity contribution is 0.247. The number of rotatable bonds is 4. The molecule has 5 heteroatoms. The molecule has 1 aromatic heterocycles. The first-order chi connectivity index (χ1) is 13.1. The van der Waals surface area contributed by atoms with Crippen molar-refractivity contribution in [1.29, 1.82) is 0 Å². The van der Waals surface area contributed by atoms with Crippen molar-refractivity contribution in [2.75, 3.05) is 31.1 Å². The molecule has 3 aromatic rings. The lowest BCUT2D eigenvalue weighted by Crippen LogP contribution is -2.46. The van der Waals surface area contributed by atoms with Crippen molar-refractivity contribution < 1.29 is 0 Å². The van der Waals surface area contributed by atoms with Gasteiger partial charge in [-0.15, -0.1) is 11.3 Å². The fourth-order valence-electron chi connectivity index (χ4n) is 3.62. The van der Waals surface area contributed by atoms with Gasteiger partial charge in [0, 0.05) is 54.4 Å². The van der Waals surface area contributed by atoms with Crippen LogP contribution in [0.1, 0.15) is 16.8 Å². The SMILES string of the molecule is Cc1ccccc1-c1nc(CN2CCN(c3cc(Cl)ccc3C)CC2)cs1. The predicted octanol–water partition coefficient (Wildman–Crippen LogP) is 5.40. The highest BCUT2D eigenvalue weighted by atomic mass is 35.5. The molecular formula is C22H24ClN3S. The molecule has 0 aliphatic carbocycles. The van der Waals surface area contributed by atoms with Crippen LogP contribution in [0, 0.1) is 13.8 Å². The Bertz CT molecular complexity index is 929. The third kappa shape index (κ3) is 4.18. The van der Waals surface area contributed by atoms with Crippen LogP contribution in [0.2, 0.25) is 5.02 Å². The highest BCUT2D eigenvalue weighted by Crippen LogP contribution is 2.28. The topological polar surface area (TPSA) is 19.4 Å². The molecule has 0 spiro atoms. The maximum absolute atomic E-state index is 6.19. The molecule has 1 aliphatic rings. The Morgan fingerprint density at radius 3 is 2.56 bits per heavy atom. The number of piperazine rings is 1. The maximum atomic E-state index is 6.19. The van der Waals surface area contributed by atoms with Crippen molar-refractivity contribution in [3.63, 3.8) is 0 Å². The molecule has 0 unspecified atom stereocenters. The normalized spacial score (nSPS) is 15.3. The van der Waals surface area contributed by atoms with Gasteiger partial charge >= 0.3 is 0 Å². The van der Waals surface area contributed by atoms with Crippen LogP contribution in [-0.2, 0) is 6.54 Å². The molecular weight excluding hydrogens is 374 g/mol. The Morgan fingerprint density at radius 1 is 1.00 bits per heavy atom. The summed E-state index contributed by atoms with van der Waals surface area (Å²) in [4.78, 5) is 9.82. The summed E-state index contributed by atoms with van der Waals surface area (Å²) in [6.45, 7) is 9.36. The van der Waals surface area contributed by atoms with Crippen LogP contribution in [0.5, 0.6) is 0 Å². The van der Waals surface area contributed by atoms with E-state index in [1.54, 1.807) is 11.3 Å². The van der Waals surface area contributed by atoms with E-state index in [9.17, 15) is 0 Å². The second-order valence-electron chi connectivity index (χ2n) is 7.15. The Morgan fingerprint density at radius 2 is 1.78 bits per heavy atom. The average molecular weight is 398 g/mol. The van der Waals surface area contributed by atoms with E-state index in [4.69, 9.17) is 16.6 Å². The minimum absolute atomic E-state index is 0.809. The number of hydrogen-bond donors (Lipinski definition) is 0. The van der Waals surface area contributed by atoms with Crippen molar-refractivity contribution in [2.24, 2.45) is 0 Å². The summed E-state index contributed by atoms with van der Waals surface area (Å²) in [5.74, 6) is 0. The number of benzene rings is 2. The summed E-state index contributed by atoms with van der Waals surface area (Å²) in [5.41, 5.74) is 6.25. The van der Waals surface area contributed by atoms with Crippen LogP contribution in [0.3, 0.4) is 0 Å². The van der Waals surface area contributed by atoms with Gasteiger partial charge < -0.3 is 4.90 Å². The number of hydrogen-bond acceptors (Lipinski definition) is 4. The van der Waals surface area contributed by atoms with Crippen LogP contribution < -0.4 is 4.90 Å². The molecule has 1 saturated heterocycles. The molecule has 0 atom stereocenters. The molecule has 1 aliphatic heterocycles. The number of aryl methyl sites for hydroxylation is 2. The summed E-state index contributed by atoms with van der Waals surface area (Å²) in [6, 6.07) is 14.6. The van der Waals surface area contributed by atoms with Gasteiger partial charge in [-0.1, -0.05) is 41.9 Å². The van der Waals surface area contributed by atoms with Gasteiger partial charge in [-0.2, -0.15) is 0 Å². The largest absolute Gasteiger partial charge is 0.369 e. The zero-order valence-electron chi connectivity index (χ0n) is 15.8. The van der Waals surface area contributed by atoms with Gasteiger partial charge in [0.05, 0.1) is 5.69 Å². The zero-order valence-corrected chi connectivity index (χ0v) is 17.4.